The minimum Gasteiger partial charge on any atom is -0.484 e. The standard InChI is InChI=1S/C16H18FN3O2/c1-11-8-18-19-16(11)12-5-6-20(9-12)15(21)10-22-14-4-2-3-13(17)7-14/h2-4,7-8,12H,5-6,9-10H2,1H3,(H,18,19)/t12-/m0/s1. The van der Waals surface area contributed by atoms with E-state index in [9.17, 15) is 9.18 Å². The van der Waals surface area contributed by atoms with E-state index in [0.29, 0.717) is 24.8 Å². The van der Waals surface area contributed by atoms with Crippen LogP contribution in [0.2, 0.25) is 0 Å². The topological polar surface area (TPSA) is 58.2 Å². The molecule has 1 aromatic heterocycles. The van der Waals surface area contributed by atoms with Crippen LogP contribution in [0.3, 0.4) is 0 Å². The number of aryl methyl sites for hydroxylation is 1. The predicted molar refractivity (Wildman–Crippen MR) is 79.2 cm³/mol. The molecule has 3 rings (SSSR count). The predicted octanol–water partition coefficient (Wildman–Crippen LogP) is 2.25. The zero-order valence-corrected chi connectivity index (χ0v) is 12.4. The van der Waals surface area contributed by atoms with Crippen molar-refractivity contribution >= 4 is 5.91 Å². The van der Waals surface area contributed by atoms with Gasteiger partial charge in [-0.15, -0.1) is 0 Å². The summed E-state index contributed by atoms with van der Waals surface area (Å²) in [5, 5.41) is 7.04. The number of ether oxygens (including phenoxy) is 1. The summed E-state index contributed by atoms with van der Waals surface area (Å²) in [7, 11) is 0. The average molecular weight is 303 g/mol. The van der Waals surface area contributed by atoms with Gasteiger partial charge in [-0.2, -0.15) is 5.10 Å². The molecule has 0 unspecified atom stereocenters. The van der Waals surface area contributed by atoms with Gasteiger partial charge in [0.15, 0.2) is 6.61 Å². The van der Waals surface area contributed by atoms with E-state index >= 15 is 0 Å². The van der Waals surface area contributed by atoms with Crippen LogP contribution in [-0.4, -0.2) is 40.7 Å². The first kappa shape index (κ1) is 14.6. The van der Waals surface area contributed by atoms with Crippen LogP contribution in [0, 0.1) is 12.7 Å². The Hall–Kier alpha value is -2.37. The number of H-pyrrole nitrogens is 1. The molecular weight excluding hydrogens is 285 g/mol. The third-order valence-electron chi connectivity index (χ3n) is 3.98. The molecule has 6 heteroatoms. The molecule has 1 atom stereocenters. The lowest BCUT2D eigenvalue weighted by atomic mass is 10.0. The summed E-state index contributed by atoms with van der Waals surface area (Å²) in [6, 6.07) is 5.81. The highest BCUT2D eigenvalue weighted by molar-refractivity contribution is 5.78. The lowest BCUT2D eigenvalue weighted by Crippen LogP contribution is -2.32. The number of benzene rings is 1. The van der Waals surface area contributed by atoms with Gasteiger partial charge in [0.05, 0.1) is 6.20 Å². The third kappa shape index (κ3) is 3.10. The number of nitrogens with zero attached hydrogens (tertiary/aromatic N) is 2. The maximum absolute atomic E-state index is 13.1. The fraction of sp³-hybridized carbons (Fsp3) is 0.375. The van der Waals surface area contributed by atoms with Crippen molar-refractivity contribution in [2.24, 2.45) is 0 Å². The fourth-order valence-electron chi connectivity index (χ4n) is 2.79. The second-order valence-electron chi connectivity index (χ2n) is 5.54. The molecule has 0 bridgehead atoms. The summed E-state index contributed by atoms with van der Waals surface area (Å²) >= 11 is 0. The van der Waals surface area contributed by atoms with Crippen molar-refractivity contribution in [3.8, 4) is 5.75 Å². The number of carbonyl (C=O) groups excluding carboxylic acids is 1. The second kappa shape index (κ2) is 6.17. The molecule has 1 amide bonds. The maximum atomic E-state index is 13.1. The van der Waals surface area contributed by atoms with E-state index in [1.54, 1.807) is 23.2 Å². The fourth-order valence-corrected chi connectivity index (χ4v) is 2.79. The molecule has 2 heterocycles. The van der Waals surface area contributed by atoms with Gasteiger partial charge < -0.3 is 9.64 Å². The zero-order chi connectivity index (χ0) is 15.5. The SMILES string of the molecule is Cc1cn[nH]c1[C@H]1CCN(C(=O)COc2cccc(F)c2)C1. The molecule has 1 aromatic carbocycles. The first-order chi connectivity index (χ1) is 10.6. The van der Waals surface area contributed by atoms with Gasteiger partial charge in [0.2, 0.25) is 0 Å². The zero-order valence-electron chi connectivity index (χ0n) is 12.4. The van der Waals surface area contributed by atoms with Crippen molar-refractivity contribution in [2.45, 2.75) is 19.3 Å². The number of halogens is 1. The number of nitrogens with one attached hydrogen (secondary N) is 1. The van der Waals surface area contributed by atoms with E-state index in [2.05, 4.69) is 10.2 Å². The molecule has 0 radical (unpaired) electrons. The molecule has 116 valence electrons. The molecule has 0 aliphatic carbocycles. The van der Waals surface area contributed by atoms with Crippen molar-refractivity contribution in [1.29, 1.82) is 0 Å². The number of carbonyl (C=O) groups is 1. The molecule has 5 nitrogen and oxygen atoms in total. The van der Waals surface area contributed by atoms with Crippen LogP contribution < -0.4 is 4.74 Å². The number of amides is 1. The summed E-state index contributed by atoms with van der Waals surface area (Å²) in [5.74, 6) is 0.207. The lowest BCUT2D eigenvalue weighted by molar-refractivity contribution is -0.132. The Morgan fingerprint density at radius 3 is 3.14 bits per heavy atom. The van der Waals surface area contributed by atoms with E-state index in [1.165, 1.54) is 12.1 Å². The summed E-state index contributed by atoms with van der Waals surface area (Å²) in [5.41, 5.74) is 2.22. The number of aromatic amines is 1. The maximum Gasteiger partial charge on any atom is 0.260 e. The Balaban J connectivity index is 1.54. The van der Waals surface area contributed by atoms with Crippen LogP contribution in [0.1, 0.15) is 23.6 Å². The Labute approximate surface area is 128 Å². The summed E-state index contributed by atoms with van der Waals surface area (Å²) in [6.45, 7) is 3.30. The first-order valence-electron chi connectivity index (χ1n) is 7.29. The molecule has 1 aliphatic rings. The lowest BCUT2D eigenvalue weighted by Gasteiger charge is -2.17. The number of hydrogen-bond acceptors (Lipinski definition) is 3. The number of hydrogen-bond donors (Lipinski definition) is 1. The first-order valence-corrected chi connectivity index (χ1v) is 7.29. The minimum absolute atomic E-state index is 0.0713. The van der Waals surface area contributed by atoms with Crippen molar-refractivity contribution in [3.63, 3.8) is 0 Å². The molecule has 1 N–H and O–H groups in total. The highest BCUT2D eigenvalue weighted by Crippen LogP contribution is 2.27. The average Bonchev–Trinajstić information content (AvgIpc) is 3.13. The summed E-state index contributed by atoms with van der Waals surface area (Å²) in [6.07, 6.45) is 2.71. The van der Waals surface area contributed by atoms with Crippen molar-refractivity contribution in [3.05, 3.63) is 47.5 Å². The van der Waals surface area contributed by atoms with Gasteiger partial charge in [-0.25, -0.2) is 4.39 Å². The van der Waals surface area contributed by atoms with Gasteiger partial charge in [-0.05, 0) is 31.0 Å². The summed E-state index contributed by atoms with van der Waals surface area (Å²) < 4.78 is 18.4. The monoisotopic (exact) mass is 303 g/mol. The van der Waals surface area contributed by atoms with E-state index in [4.69, 9.17) is 4.74 Å². The molecule has 1 fully saturated rings. The highest BCUT2D eigenvalue weighted by Gasteiger charge is 2.29. The largest absolute Gasteiger partial charge is 0.484 e. The molecular formula is C16H18FN3O2. The third-order valence-corrected chi connectivity index (χ3v) is 3.98. The highest BCUT2D eigenvalue weighted by atomic mass is 19.1. The Kier molecular flexibility index (Phi) is 4.09. The van der Waals surface area contributed by atoms with Gasteiger partial charge in [0.25, 0.3) is 5.91 Å². The van der Waals surface area contributed by atoms with E-state index in [0.717, 1.165) is 17.7 Å². The normalized spacial score (nSPS) is 17.7. The Morgan fingerprint density at radius 1 is 1.55 bits per heavy atom. The van der Waals surface area contributed by atoms with Gasteiger partial charge in [0.1, 0.15) is 11.6 Å². The molecule has 22 heavy (non-hydrogen) atoms. The molecule has 1 saturated heterocycles. The summed E-state index contributed by atoms with van der Waals surface area (Å²) in [4.78, 5) is 14.0. The van der Waals surface area contributed by atoms with Crippen molar-refractivity contribution in [1.82, 2.24) is 15.1 Å². The smallest absolute Gasteiger partial charge is 0.260 e. The van der Waals surface area contributed by atoms with Crippen LogP contribution in [0.25, 0.3) is 0 Å². The Morgan fingerprint density at radius 2 is 2.41 bits per heavy atom. The second-order valence-corrected chi connectivity index (χ2v) is 5.54. The molecule has 0 spiro atoms. The van der Waals surface area contributed by atoms with Crippen molar-refractivity contribution < 1.29 is 13.9 Å². The van der Waals surface area contributed by atoms with Crippen LogP contribution in [-0.2, 0) is 4.79 Å². The van der Waals surface area contributed by atoms with Gasteiger partial charge >= 0.3 is 0 Å². The molecule has 0 saturated carbocycles. The number of likely N-dealkylation sites (tertiary alicyclic amines) is 1. The molecule has 1 aliphatic heterocycles. The van der Waals surface area contributed by atoms with E-state index < -0.39 is 0 Å². The number of rotatable bonds is 4. The van der Waals surface area contributed by atoms with Crippen LogP contribution in [0.15, 0.2) is 30.5 Å². The minimum atomic E-state index is -0.374. The quantitative estimate of drug-likeness (QED) is 0.942. The van der Waals surface area contributed by atoms with Gasteiger partial charge in [-0.1, -0.05) is 6.07 Å². The van der Waals surface area contributed by atoms with Crippen LogP contribution >= 0.6 is 0 Å². The molecule has 2 aromatic rings. The number of aromatic nitrogens is 2. The van der Waals surface area contributed by atoms with Crippen LogP contribution in [0.4, 0.5) is 4.39 Å². The van der Waals surface area contributed by atoms with Crippen molar-refractivity contribution in [2.75, 3.05) is 19.7 Å². The van der Waals surface area contributed by atoms with E-state index in [-0.39, 0.29) is 18.3 Å². The van der Waals surface area contributed by atoms with Crippen LogP contribution in [0.5, 0.6) is 5.75 Å². The Bertz CT molecular complexity index is 671. The van der Waals surface area contributed by atoms with E-state index in [1.807, 2.05) is 6.92 Å². The van der Waals surface area contributed by atoms with Gasteiger partial charge in [0, 0.05) is 30.8 Å². The van der Waals surface area contributed by atoms with Gasteiger partial charge in [-0.3, -0.25) is 9.89 Å².